The molecule has 0 spiro atoms. The number of carboxylic acids is 1. The van der Waals surface area contributed by atoms with Crippen molar-refractivity contribution in [1.82, 2.24) is 5.32 Å². The summed E-state index contributed by atoms with van der Waals surface area (Å²) in [5.41, 5.74) is -1.04. The van der Waals surface area contributed by atoms with Crippen molar-refractivity contribution in [2.45, 2.75) is 31.4 Å². The first-order valence-corrected chi connectivity index (χ1v) is 4.80. The molecule has 0 aromatic rings. The molecule has 1 saturated carbocycles. The van der Waals surface area contributed by atoms with E-state index in [-0.39, 0.29) is 6.61 Å². The minimum Gasteiger partial charge on any atom is -0.480 e. The van der Waals surface area contributed by atoms with Gasteiger partial charge in [0.2, 0.25) is 5.91 Å². The standard InChI is InChI=1S/C10H15NO4/c1-3-6-15-7(2)8(12)11-10(4-5-10)9(13)14/h3,7H,1,4-6H2,2H3,(H,11,12)(H,13,14). The van der Waals surface area contributed by atoms with Crippen molar-refractivity contribution < 1.29 is 19.4 Å². The predicted molar refractivity (Wildman–Crippen MR) is 53.4 cm³/mol. The molecule has 1 fully saturated rings. The summed E-state index contributed by atoms with van der Waals surface area (Å²) in [7, 11) is 0. The molecule has 0 aliphatic heterocycles. The Bertz CT molecular complexity index is 283. The van der Waals surface area contributed by atoms with Gasteiger partial charge in [-0.25, -0.2) is 4.79 Å². The quantitative estimate of drug-likeness (QED) is 0.623. The molecule has 1 unspecified atom stereocenters. The van der Waals surface area contributed by atoms with Crippen molar-refractivity contribution in [2.24, 2.45) is 0 Å². The third-order valence-corrected chi connectivity index (χ3v) is 2.36. The van der Waals surface area contributed by atoms with Gasteiger partial charge in [0.05, 0.1) is 6.61 Å². The van der Waals surface area contributed by atoms with Crippen LogP contribution in [0.2, 0.25) is 0 Å². The molecule has 1 amide bonds. The molecular weight excluding hydrogens is 198 g/mol. The zero-order valence-electron chi connectivity index (χ0n) is 8.66. The lowest BCUT2D eigenvalue weighted by Gasteiger charge is -2.16. The molecule has 0 aromatic carbocycles. The first-order chi connectivity index (χ1) is 7.02. The normalized spacial score (nSPS) is 19.0. The highest BCUT2D eigenvalue weighted by atomic mass is 16.5. The number of nitrogens with one attached hydrogen (secondary N) is 1. The van der Waals surface area contributed by atoms with Gasteiger partial charge in [-0.05, 0) is 19.8 Å². The summed E-state index contributed by atoms with van der Waals surface area (Å²) < 4.78 is 5.08. The second-order valence-corrected chi connectivity index (χ2v) is 3.64. The molecule has 0 aromatic heterocycles. The smallest absolute Gasteiger partial charge is 0.329 e. The molecule has 0 bridgehead atoms. The highest BCUT2D eigenvalue weighted by Gasteiger charge is 2.52. The van der Waals surface area contributed by atoms with Crippen LogP contribution in [0.3, 0.4) is 0 Å². The van der Waals surface area contributed by atoms with Gasteiger partial charge in [0.15, 0.2) is 0 Å². The average molecular weight is 213 g/mol. The van der Waals surface area contributed by atoms with Crippen LogP contribution in [0.25, 0.3) is 0 Å². The number of hydrogen-bond donors (Lipinski definition) is 2. The van der Waals surface area contributed by atoms with Gasteiger partial charge in [-0.2, -0.15) is 0 Å². The van der Waals surface area contributed by atoms with Crippen LogP contribution in [0.1, 0.15) is 19.8 Å². The minimum atomic E-state index is -1.04. The van der Waals surface area contributed by atoms with Gasteiger partial charge in [0.1, 0.15) is 11.6 Å². The number of aliphatic carboxylic acids is 1. The van der Waals surface area contributed by atoms with E-state index in [4.69, 9.17) is 9.84 Å². The molecular formula is C10H15NO4. The first-order valence-electron chi connectivity index (χ1n) is 4.80. The number of hydrogen-bond acceptors (Lipinski definition) is 3. The zero-order valence-corrected chi connectivity index (χ0v) is 8.66. The Kier molecular flexibility index (Phi) is 3.47. The van der Waals surface area contributed by atoms with Gasteiger partial charge >= 0.3 is 5.97 Å². The van der Waals surface area contributed by atoms with Gasteiger partial charge in [0, 0.05) is 0 Å². The van der Waals surface area contributed by atoms with E-state index in [9.17, 15) is 9.59 Å². The molecule has 2 N–H and O–H groups in total. The Morgan fingerprint density at radius 1 is 1.67 bits per heavy atom. The van der Waals surface area contributed by atoms with Gasteiger partial charge in [0.25, 0.3) is 0 Å². The van der Waals surface area contributed by atoms with Gasteiger partial charge in [-0.3, -0.25) is 4.79 Å². The van der Waals surface area contributed by atoms with Crippen molar-refractivity contribution in [2.75, 3.05) is 6.61 Å². The highest BCUT2D eigenvalue weighted by molar-refractivity contribution is 5.91. The third kappa shape index (κ3) is 2.79. The molecule has 0 heterocycles. The van der Waals surface area contributed by atoms with Crippen molar-refractivity contribution in [3.63, 3.8) is 0 Å². The topological polar surface area (TPSA) is 75.6 Å². The summed E-state index contributed by atoms with van der Waals surface area (Å²) in [6.07, 6.45) is 1.86. The number of carbonyl (C=O) groups is 2. The van der Waals surface area contributed by atoms with Crippen LogP contribution in [-0.2, 0) is 14.3 Å². The Morgan fingerprint density at radius 3 is 2.67 bits per heavy atom. The van der Waals surface area contributed by atoms with E-state index in [0.29, 0.717) is 12.8 Å². The fourth-order valence-electron chi connectivity index (χ4n) is 1.14. The van der Waals surface area contributed by atoms with E-state index in [2.05, 4.69) is 11.9 Å². The lowest BCUT2D eigenvalue weighted by molar-refractivity contribution is -0.145. The predicted octanol–water partition coefficient (Wildman–Crippen LogP) is 0.311. The Hall–Kier alpha value is -1.36. The van der Waals surface area contributed by atoms with Gasteiger partial charge < -0.3 is 15.2 Å². The van der Waals surface area contributed by atoms with Crippen LogP contribution >= 0.6 is 0 Å². The maximum atomic E-state index is 11.5. The van der Waals surface area contributed by atoms with E-state index in [1.54, 1.807) is 6.92 Å². The number of amides is 1. The largest absolute Gasteiger partial charge is 0.480 e. The summed E-state index contributed by atoms with van der Waals surface area (Å²) in [5.74, 6) is -1.37. The van der Waals surface area contributed by atoms with E-state index in [1.807, 2.05) is 0 Å². The summed E-state index contributed by atoms with van der Waals surface area (Å²) in [4.78, 5) is 22.3. The number of ether oxygens (including phenoxy) is 1. The summed E-state index contributed by atoms with van der Waals surface area (Å²) in [6.45, 7) is 5.31. The molecule has 84 valence electrons. The monoisotopic (exact) mass is 213 g/mol. The third-order valence-electron chi connectivity index (χ3n) is 2.36. The molecule has 1 aliphatic rings. The summed E-state index contributed by atoms with van der Waals surface area (Å²) >= 11 is 0. The fraction of sp³-hybridized carbons (Fsp3) is 0.600. The Morgan fingerprint density at radius 2 is 2.27 bits per heavy atom. The molecule has 1 atom stereocenters. The fourth-order valence-corrected chi connectivity index (χ4v) is 1.14. The lowest BCUT2D eigenvalue weighted by atomic mass is 10.2. The van der Waals surface area contributed by atoms with Crippen LogP contribution in [0.5, 0.6) is 0 Å². The molecule has 1 rings (SSSR count). The zero-order chi connectivity index (χ0) is 11.5. The van der Waals surface area contributed by atoms with Crippen molar-refractivity contribution >= 4 is 11.9 Å². The Balaban J connectivity index is 2.41. The van der Waals surface area contributed by atoms with E-state index >= 15 is 0 Å². The second kappa shape index (κ2) is 4.44. The van der Waals surface area contributed by atoms with Crippen molar-refractivity contribution in [3.8, 4) is 0 Å². The van der Waals surface area contributed by atoms with E-state index in [1.165, 1.54) is 6.08 Å². The van der Waals surface area contributed by atoms with Crippen molar-refractivity contribution in [1.29, 1.82) is 0 Å². The first kappa shape index (κ1) is 11.7. The van der Waals surface area contributed by atoms with Crippen LogP contribution in [0.4, 0.5) is 0 Å². The SMILES string of the molecule is C=CCOC(C)C(=O)NC1(C(=O)O)CC1. The lowest BCUT2D eigenvalue weighted by Crippen LogP contribution is -2.47. The minimum absolute atomic E-state index is 0.272. The van der Waals surface area contributed by atoms with E-state index in [0.717, 1.165) is 0 Å². The molecule has 0 saturated heterocycles. The number of rotatable bonds is 6. The Labute approximate surface area is 88.1 Å². The van der Waals surface area contributed by atoms with Crippen LogP contribution in [0, 0.1) is 0 Å². The van der Waals surface area contributed by atoms with Crippen LogP contribution < -0.4 is 5.32 Å². The molecule has 1 aliphatic carbocycles. The molecule has 5 nitrogen and oxygen atoms in total. The van der Waals surface area contributed by atoms with Crippen molar-refractivity contribution in [3.05, 3.63) is 12.7 Å². The maximum absolute atomic E-state index is 11.5. The molecule has 5 heteroatoms. The van der Waals surface area contributed by atoms with E-state index < -0.39 is 23.5 Å². The number of carboxylic acid groups (broad SMARTS) is 1. The number of carbonyl (C=O) groups excluding carboxylic acids is 1. The summed E-state index contributed by atoms with van der Waals surface area (Å²) in [6, 6.07) is 0. The maximum Gasteiger partial charge on any atom is 0.329 e. The average Bonchev–Trinajstić information content (AvgIpc) is 2.95. The highest BCUT2D eigenvalue weighted by Crippen LogP contribution is 2.35. The molecule has 0 radical (unpaired) electrons. The summed E-state index contributed by atoms with van der Waals surface area (Å²) in [5, 5.41) is 11.3. The second-order valence-electron chi connectivity index (χ2n) is 3.64. The van der Waals surface area contributed by atoms with Crippen LogP contribution in [-0.4, -0.2) is 35.2 Å². The molecule has 15 heavy (non-hydrogen) atoms. The van der Waals surface area contributed by atoms with Gasteiger partial charge in [-0.1, -0.05) is 6.08 Å². The van der Waals surface area contributed by atoms with Crippen LogP contribution in [0.15, 0.2) is 12.7 Å². The van der Waals surface area contributed by atoms with Gasteiger partial charge in [-0.15, -0.1) is 6.58 Å².